The zero-order valence-corrected chi connectivity index (χ0v) is 9.15. The Bertz CT molecular complexity index is 492. The molecule has 0 saturated carbocycles. The minimum absolute atomic E-state index is 0.275. The molecule has 0 N–H and O–H groups in total. The van der Waals surface area contributed by atoms with Crippen molar-refractivity contribution in [3.63, 3.8) is 0 Å². The molecule has 0 radical (unpaired) electrons. The van der Waals surface area contributed by atoms with Crippen molar-refractivity contribution in [3.05, 3.63) is 54.6 Å². The van der Waals surface area contributed by atoms with Gasteiger partial charge in [0.15, 0.2) is 0 Å². The van der Waals surface area contributed by atoms with Crippen molar-refractivity contribution in [1.29, 1.82) is 0 Å². The highest BCUT2D eigenvalue weighted by Gasteiger charge is 2.30. The quantitative estimate of drug-likeness (QED) is 0.809. The fraction of sp³-hybridized carbons (Fsp3) is 0.0769. The van der Waals surface area contributed by atoms with Gasteiger partial charge in [-0.25, -0.2) is 0 Å². The monoisotopic (exact) mass is 254 g/mol. The van der Waals surface area contributed by atoms with E-state index in [9.17, 15) is 13.2 Å². The van der Waals surface area contributed by atoms with Crippen LogP contribution in [-0.4, -0.2) is 6.36 Å². The molecule has 0 saturated heterocycles. The predicted molar refractivity (Wildman–Crippen MR) is 59.6 cm³/mol. The number of hydrogen-bond donors (Lipinski definition) is 0. The maximum absolute atomic E-state index is 11.9. The lowest BCUT2D eigenvalue weighted by Crippen LogP contribution is -2.16. The zero-order chi connectivity index (χ0) is 13.0. The van der Waals surface area contributed by atoms with Gasteiger partial charge in [-0.1, -0.05) is 18.2 Å². The van der Waals surface area contributed by atoms with Gasteiger partial charge in [0.1, 0.15) is 17.2 Å². The van der Waals surface area contributed by atoms with Crippen molar-refractivity contribution in [3.8, 4) is 17.2 Å². The molecule has 0 unspecified atom stereocenters. The molecule has 0 bridgehead atoms. The third-order valence-corrected chi connectivity index (χ3v) is 2.04. The first-order valence-corrected chi connectivity index (χ1v) is 5.12. The summed E-state index contributed by atoms with van der Waals surface area (Å²) >= 11 is 0. The first-order valence-electron chi connectivity index (χ1n) is 5.12. The number of hydrogen-bond acceptors (Lipinski definition) is 2. The molecule has 0 spiro atoms. The molecule has 2 rings (SSSR count). The topological polar surface area (TPSA) is 18.5 Å². The molecule has 0 heterocycles. The Morgan fingerprint density at radius 3 is 1.72 bits per heavy atom. The fourth-order valence-electron chi connectivity index (χ4n) is 1.33. The highest BCUT2D eigenvalue weighted by atomic mass is 19.4. The average molecular weight is 254 g/mol. The van der Waals surface area contributed by atoms with Crippen LogP contribution in [0.4, 0.5) is 13.2 Å². The van der Waals surface area contributed by atoms with E-state index in [-0.39, 0.29) is 5.75 Å². The summed E-state index contributed by atoms with van der Waals surface area (Å²) in [6.45, 7) is 0. The van der Waals surface area contributed by atoms with Gasteiger partial charge in [-0.15, -0.1) is 13.2 Å². The van der Waals surface area contributed by atoms with Crippen LogP contribution in [0.25, 0.3) is 0 Å². The van der Waals surface area contributed by atoms with Crippen LogP contribution in [0, 0.1) is 0 Å². The smallest absolute Gasteiger partial charge is 0.457 e. The van der Waals surface area contributed by atoms with Crippen LogP contribution in [0.15, 0.2) is 54.6 Å². The molecule has 5 heteroatoms. The summed E-state index contributed by atoms with van der Waals surface area (Å²) in [5.41, 5.74) is 0. The number of alkyl halides is 3. The second-order valence-electron chi connectivity index (χ2n) is 3.43. The van der Waals surface area contributed by atoms with E-state index in [1.165, 1.54) is 24.3 Å². The fourth-order valence-corrected chi connectivity index (χ4v) is 1.33. The van der Waals surface area contributed by atoms with Crippen LogP contribution in [-0.2, 0) is 0 Å². The van der Waals surface area contributed by atoms with Crippen LogP contribution in [0.3, 0.4) is 0 Å². The molecule has 2 nitrogen and oxygen atoms in total. The maximum Gasteiger partial charge on any atom is 0.573 e. The van der Waals surface area contributed by atoms with E-state index in [4.69, 9.17) is 4.74 Å². The molecule has 0 aliphatic rings. The van der Waals surface area contributed by atoms with E-state index in [2.05, 4.69) is 4.74 Å². The molecule has 18 heavy (non-hydrogen) atoms. The first-order chi connectivity index (χ1) is 8.53. The summed E-state index contributed by atoms with van der Waals surface area (Å²) in [6.07, 6.45) is -4.68. The van der Waals surface area contributed by atoms with Gasteiger partial charge < -0.3 is 9.47 Å². The van der Waals surface area contributed by atoms with Crippen LogP contribution in [0.1, 0.15) is 0 Å². The van der Waals surface area contributed by atoms with E-state index >= 15 is 0 Å². The highest BCUT2D eigenvalue weighted by Crippen LogP contribution is 2.26. The third kappa shape index (κ3) is 3.69. The van der Waals surface area contributed by atoms with E-state index < -0.39 is 6.36 Å². The lowest BCUT2D eigenvalue weighted by Gasteiger charge is -2.09. The zero-order valence-electron chi connectivity index (χ0n) is 9.15. The van der Waals surface area contributed by atoms with Crippen LogP contribution in [0.5, 0.6) is 17.2 Å². The average Bonchev–Trinajstić information content (AvgIpc) is 2.31. The number of halogens is 3. The van der Waals surface area contributed by atoms with Gasteiger partial charge in [0.2, 0.25) is 0 Å². The molecule has 0 aromatic heterocycles. The van der Waals surface area contributed by atoms with Crippen LogP contribution < -0.4 is 9.47 Å². The maximum atomic E-state index is 11.9. The van der Waals surface area contributed by atoms with Gasteiger partial charge in [0.25, 0.3) is 0 Å². The summed E-state index contributed by atoms with van der Waals surface area (Å²) in [6, 6.07) is 14.2. The molecule has 94 valence electrons. The standard InChI is InChI=1S/C13H9F3O2/c14-13(15,16)18-12-8-6-11(7-9-12)17-10-4-2-1-3-5-10/h1-9H. The summed E-state index contributed by atoms with van der Waals surface area (Å²) in [5.74, 6) is 0.778. The Labute approximate surface area is 102 Å². The molecular formula is C13H9F3O2. The number of para-hydroxylation sites is 1. The summed E-state index contributed by atoms with van der Waals surface area (Å²) in [4.78, 5) is 0. The van der Waals surface area contributed by atoms with Crippen LogP contribution in [0.2, 0.25) is 0 Å². The largest absolute Gasteiger partial charge is 0.573 e. The van der Waals surface area contributed by atoms with Crippen molar-refractivity contribution in [1.82, 2.24) is 0 Å². The molecule has 0 amide bonds. The molecule has 0 fully saturated rings. The molecular weight excluding hydrogens is 245 g/mol. The van der Waals surface area contributed by atoms with Gasteiger partial charge >= 0.3 is 6.36 Å². The Balaban J connectivity index is 2.04. The summed E-state index contributed by atoms with van der Waals surface area (Å²) in [5, 5.41) is 0. The Kier molecular flexibility index (Phi) is 3.41. The molecule has 2 aromatic carbocycles. The Morgan fingerprint density at radius 2 is 1.17 bits per heavy atom. The highest BCUT2D eigenvalue weighted by molar-refractivity contribution is 5.35. The van der Waals surface area contributed by atoms with E-state index in [1.54, 1.807) is 24.3 Å². The van der Waals surface area contributed by atoms with Gasteiger partial charge in [0.05, 0.1) is 0 Å². The second kappa shape index (κ2) is 5.00. The third-order valence-electron chi connectivity index (χ3n) is 2.04. The van der Waals surface area contributed by atoms with Crippen molar-refractivity contribution in [2.45, 2.75) is 6.36 Å². The van der Waals surface area contributed by atoms with Gasteiger partial charge in [-0.2, -0.15) is 0 Å². The first kappa shape index (κ1) is 12.3. The van der Waals surface area contributed by atoms with Crippen molar-refractivity contribution in [2.75, 3.05) is 0 Å². The summed E-state index contributed by atoms with van der Waals surface area (Å²) < 4.78 is 45.0. The van der Waals surface area contributed by atoms with Gasteiger partial charge in [-0.3, -0.25) is 0 Å². The molecule has 0 aliphatic carbocycles. The normalized spacial score (nSPS) is 11.1. The minimum atomic E-state index is -4.68. The van der Waals surface area contributed by atoms with E-state index in [0.29, 0.717) is 11.5 Å². The minimum Gasteiger partial charge on any atom is -0.457 e. The van der Waals surface area contributed by atoms with Gasteiger partial charge in [0, 0.05) is 0 Å². The lowest BCUT2D eigenvalue weighted by molar-refractivity contribution is -0.274. The summed E-state index contributed by atoms with van der Waals surface area (Å²) in [7, 11) is 0. The molecule has 0 aliphatic heterocycles. The molecule has 2 aromatic rings. The second-order valence-corrected chi connectivity index (χ2v) is 3.43. The Morgan fingerprint density at radius 1 is 0.667 bits per heavy atom. The SMILES string of the molecule is FC(F)(F)Oc1ccc(Oc2ccccc2)cc1. The van der Waals surface area contributed by atoms with Crippen LogP contribution >= 0.6 is 0 Å². The lowest BCUT2D eigenvalue weighted by atomic mass is 10.3. The Hall–Kier alpha value is -2.17. The number of ether oxygens (including phenoxy) is 2. The van der Waals surface area contributed by atoms with Crippen molar-refractivity contribution < 1.29 is 22.6 Å². The van der Waals surface area contributed by atoms with E-state index in [0.717, 1.165) is 0 Å². The van der Waals surface area contributed by atoms with E-state index in [1.807, 2.05) is 6.07 Å². The number of rotatable bonds is 3. The van der Waals surface area contributed by atoms with Crippen molar-refractivity contribution in [2.24, 2.45) is 0 Å². The van der Waals surface area contributed by atoms with Crippen molar-refractivity contribution >= 4 is 0 Å². The van der Waals surface area contributed by atoms with Gasteiger partial charge in [-0.05, 0) is 36.4 Å². The molecule has 0 atom stereocenters. The number of benzene rings is 2. The predicted octanol–water partition coefficient (Wildman–Crippen LogP) is 4.38.